The van der Waals surface area contributed by atoms with Gasteiger partial charge in [-0.2, -0.15) is 5.10 Å². The lowest BCUT2D eigenvalue weighted by Crippen LogP contribution is -2.58. The van der Waals surface area contributed by atoms with Crippen molar-refractivity contribution in [3.8, 4) is 11.3 Å². The molecular weight excluding hydrogens is 619 g/mol. The van der Waals surface area contributed by atoms with Crippen molar-refractivity contribution in [3.05, 3.63) is 32.9 Å². The van der Waals surface area contributed by atoms with E-state index in [-0.39, 0.29) is 26.7 Å². The number of nitrogens with zero attached hydrogens (tertiary/aromatic N) is 2. The number of hydrogen-bond donors (Lipinski definition) is 3. The fraction of sp³-hybridized carbons (Fsp3) is 0.633. The predicted octanol–water partition coefficient (Wildman–Crippen LogP) is 7.41. The molecule has 1 aromatic heterocycles. The molecule has 230 valence electrons. The van der Waals surface area contributed by atoms with E-state index in [4.69, 9.17) is 39.9 Å². The molecule has 6 rings (SSSR count). The number of carboxylic acid groups (broad SMARTS) is 1. The Morgan fingerprint density at radius 3 is 2.19 bits per heavy atom. The molecule has 1 aromatic carbocycles. The van der Waals surface area contributed by atoms with Crippen molar-refractivity contribution in [2.75, 3.05) is 0 Å². The summed E-state index contributed by atoms with van der Waals surface area (Å²) in [5.74, 6) is -0.723. The smallest absolute Gasteiger partial charge is 0.309 e. The molecule has 4 fully saturated rings. The number of halogens is 3. The van der Waals surface area contributed by atoms with Gasteiger partial charge in [0, 0.05) is 23.2 Å². The Hall–Kier alpha value is -1.65. The highest BCUT2D eigenvalue weighted by atomic mass is 35.5. The summed E-state index contributed by atoms with van der Waals surface area (Å²) in [5, 5.41) is 18.2. The van der Waals surface area contributed by atoms with E-state index in [2.05, 4.69) is 10.0 Å². The van der Waals surface area contributed by atoms with Crippen LogP contribution in [-0.2, 0) is 22.3 Å². The summed E-state index contributed by atoms with van der Waals surface area (Å²) in [6, 6.07) is 3.41. The zero-order valence-electron chi connectivity index (χ0n) is 24.3. The van der Waals surface area contributed by atoms with E-state index in [0.717, 1.165) is 25.7 Å². The normalized spacial score (nSPS) is 25.4. The third-order valence-electron chi connectivity index (χ3n) is 9.24. The third kappa shape index (κ3) is 6.27. The van der Waals surface area contributed by atoms with Gasteiger partial charge >= 0.3 is 5.97 Å². The van der Waals surface area contributed by atoms with Gasteiger partial charge in [0.1, 0.15) is 11.0 Å². The van der Waals surface area contributed by atoms with Crippen LogP contribution in [0.15, 0.2) is 17.0 Å². The molecule has 2 bridgehead atoms. The van der Waals surface area contributed by atoms with Gasteiger partial charge in [0.25, 0.3) is 5.91 Å². The van der Waals surface area contributed by atoms with Crippen molar-refractivity contribution in [1.82, 2.24) is 19.8 Å². The Morgan fingerprint density at radius 1 is 1.00 bits per heavy atom. The van der Waals surface area contributed by atoms with Crippen LogP contribution < -0.4 is 10.0 Å². The molecule has 1 heterocycles. The van der Waals surface area contributed by atoms with Crippen LogP contribution in [0.2, 0.25) is 15.1 Å². The lowest BCUT2D eigenvalue weighted by Gasteiger charge is -2.51. The maximum Gasteiger partial charge on any atom is 0.309 e. The van der Waals surface area contributed by atoms with Crippen LogP contribution in [0.5, 0.6) is 0 Å². The van der Waals surface area contributed by atoms with E-state index in [1.54, 1.807) is 16.8 Å². The molecule has 4 saturated carbocycles. The van der Waals surface area contributed by atoms with E-state index >= 15 is 0 Å². The van der Waals surface area contributed by atoms with E-state index < -0.39 is 33.4 Å². The van der Waals surface area contributed by atoms with Crippen molar-refractivity contribution in [2.45, 2.75) is 114 Å². The number of carbonyl (C=O) groups excluding carboxylic acids is 1. The number of nitrogens with one attached hydrogen (secondary N) is 2. The van der Waals surface area contributed by atoms with Crippen LogP contribution in [-0.4, -0.2) is 42.1 Å². The summed E-state index contributed by atoms with van der Waals surface area (Å²) in [6.45, 7) is 6.32. The van der Waals surface area contributed by atoms with E-state index in [9.17, 15) is 18.9 Å². The maximum absolute atomic E-state index is 13.8. The highest BCUT2D eigenvalue weighted by molar-refractivity contribution is 7.83. The number of aromatic nitrogens is 2. The van der Waals surface area contributed by atoms with Gasteiger partial charge in [0.05, 0.1) is 31.1 Å². The van der Waals surface area contributed by atoms with Gasteiger partial charge in [-0.1, -0.05) is 54.1 Å². The van der Waals surface area contributed by atoms with Gasteiger partial charge in [0.2, 0.25) is 0 Å². The number of benzene rings is 1. The largest absolute Gasteiger partial charge is 0.481 e. The monoisotopic (exact) mass is 656 g/mol. The van der Waals surface area contributed by atoms with E-state index in [1.807, 2.05) is 20.8 Å². The Balaban J connectivity index is 1.48. The summed E-state index contributed by atoms with van der Waals surface area (Å²) in [7, 11) is -1.59. The maximum atomic E-state index is 13.8. The van der Waals surface area contributed by atoms with E-state index in [1.165, 1.54) is 6.42 Å². The predicted molar refractivity (Wildman–Crippen MR) is 167 cm³/mol. The quantitative estimate of drug-likeness (QED) is 0.274. The topological polar surface area (TPSA) is 113 Å². The van der Waals surface area contributed by atoms with Crippen molar-refractivity contribution >= 4 is 57.7 Å². The Labute approximate surface area is 264 Å². The summed E-state index contributed by atoms with van der Waals surface area (Å²) >= 11 is 20.5. The van der Waals surface area contributed by atoms with Crippen LogP contribution in [0.25, 0.3) is 11.3 Å². The van der Waals surface area contributed by atoms with Crippen LogP contribution in [0, 0.1) is 11.3 Å². The third-order valence-corrected chi connectivity index (χ3v) is 12.1. The fourth-order valence-corrected chi connectivity index (χ4v) is 8.90. The van der Waals surface area contributed by atoms with Gasteiger partial charge < -0.3 is 10.4 Å². The molecule has 0 saturated heterocycles. The second-order valence-corrected chi connectivity index (χ2v) is 15.7. The highest BCUT2D eigenvalue weighted by Gasteiger charge is 2.53. The van der Waals surface area contributed by atoms with Gasteiger partial charge in [-0.15, -0.1) is 0 Å². The second-order valence-electron chi connectivity index (χ2n) is 13.4. The van der Waals surface area contributed by atoms with Crippen LogP contribution >= 0.6 is 34.8 Å². The van der Waals surface area contributed by atoms with Gasteiger partial charge in [0.15, 0.2) is 5.69 Å². The Bertz CT molecular complexity index is 1390. The molecular formula is C30H39Cl3N4O4S. The molecule has 2 aromatic rings. The molecule has 12 heteroatoms. The molecule has 1 unspecified atom stereocenters. The summed E-state index contributed by atoms with van der Waals surface area (Å²) in [5.41, 5.74) is -0.397. The minimum absolute atomic E-state index is 0.117. The molecule has 0 radical (unpaired) electrons. The SMILES string of the molecule is CC(C)(C)NS(=O)c1ccc(-c2c(Cl)c(C(=O)NC34CCC(C(=O)O)(CC3)CC4)nn2CC2CCCCC2)c(Cl)c1Cl. The molecule has 42 heavy (non-hydrogen) atoms. The first-order chi connectivity index (χ1) is 19.7. The van der Waals surface area contributed by atoms with Gasteiger partial charge in [-0.25, -0.2) is 8.93 Å². The minimum Gasteiger partial charge on any atom is -0.481 e. The zero-order valence-corrected chi connectivity index (χ0v) is 27.4. The van der Waals surface area contributed by atoms with Crippen molar-refractivity contribution in [1.29, 1.82) is 0 Å². The van der Waals surface area contributed by atoms with Crippen molar-refractivity contribution in [2.24, 2.45) is 11.3 Å². The summed E-state index contributed by atoms with van der Waals surface area (Å²) < 4.78 is 17.8. The summed E-state index contributed by atoms with van der Waals surface area (Å²) in [4.78, 5) is 26.0. The van der Waals surface area contributed by atoms with Crippen molar-refractivity contribution in [3.63, 3.8) is 0 Å². The van der Waals surface area contributed by atoms with Crippen LogP contribution in [0.1, 0.15) is 102 Å². The Morgan fingerprint density at radius 2 is 1.62 bits per heavy atom. The average Bonchev–Trinajstić information content (AvgIpc) is 3.25. The molecule has 4 aliphatic rings. The zero-order chi connectivity index (χ0) is 30.4. The van der Waals surface area contributed by atoms with Crippen LogP contribution in [0.3, 0.4) is 0 Å². The first-order valence-corrected chi connectivity index (χ1v) is 17.0. The lowest BCUT2D eigenvalue weighted by molar-refractivity contribution is -0.156. The number of amides is 1. The molecule has 0 aliphatic heterocycles. The molecule has 3 N–H and O–H groups in total. The number of rotatable bonds is 8. The highest BCUT2D eigenvalue weighted by Crippen LogP contribution is 2.52. The number of carboxylic acids is 1. The number of aliphatic carboxylic acids is 1. The van der Waals surface area contributed by atoms with E-state index in [0.29, 0.717) is 67.1 Å². The number of fused-ring (bicyclic) bond motifs is 3. The molecule has 1 amide bonds. The lowest BCUT2D eigenvalue weighted by atomic mass is 9.57. The fourth-order valence-electron chi connectivity index (χ4n) is 6.77. The summed E-state index contributed by atoms with van der Waals surface area (Å²) in [6.07, 6.45) is 9.12. The average molecular weight is 658 g/mol. The van der Waals surface area contributed by atoms with Gasteiger partial charge in [-0.05, 0) is 90.2 Å². The molecule has 8 nitrogen and oxygen atoms in total. The van der Waals surface area contributed by atoms with Crippen LogP contribution in [0.4, 0.5) is 0 Å². The first-order valence-electron chi connectivity index (χ1n) is 14.7. The van der Waals surface area contributed by atoms with Crippen molar-refractivity contribution < 1.29 is 18.9 Å². The Kier molecular flexibility index (Phi) is 9.10. The second kappa shape index (κ2) is 12.0. The molecule has 4 aliphatic carbocycles. The standard InChI is InChI=1S/C30H39Cl3N4O4S/c1-28(2,3)36-42(41)20-10-9-19(21(31)22(20)32)25-23(33)24(35-37(25)17-18-7-5-4-6-8-18)26(38)34-30-14-11-29(12-15-30,13-16-30)27(39)40/h9-10,18,36H,4-8,11-17H2,1-3H3,(H,34,38)(H,39,40). The molecule has 1 atom stereocenters. The number of carbonyl (C=O) groups is 2. The number of hydrogen-bond acceptors (Lipinski definition) is 4. The van der Waals surface area contributed by atoms with Gasteiger partial charge in [-0.3, -0.25) is 14.3 Å². The minimum atomic E-state index is -1.59. The molecule has 0 spiro atoms. The first kappa shape index (κ1) is 31.8.